The molecule has 2 aromatic rings. The molecule has 1 aromatic heterocycles. The molecule has 1 aliphatic carbocycles. The number of methoxy groups -OCH3 is 1. The maximum absolute atomic E-state index is 12.3. The fourth-order valence-corrected chi connectivity index (χ4v) is 2.46. The summed E-state index contributed by atoms with van der Waals surface area (Å²) >= 11 is 0. The van der Waals surface area contributed by atoms with Crippen LogP contribution in [0, 0.1) is 0 Å². The van der Waals surface area contributed by atoms with Crippen molar-refractivity contribution in [1.29, 1.82) is 0 Å². The molecule has 8 heteroatoms. The molecule has 2 N–H and O–H groups in total. The highest BCUT2D eigenvalue weighted by molar-refractivity contribution is 6.25. The molecule has 0 aliphatic heterocycles. The van der Waals surface area contributed by atoms with E-state index in [-0.39, 0.29) is 28.5 Å². The molecule has 3 rings (SSSR count). The van der Waals surface area contributed by atoms with Crippen LogP contribution in [0.2, 0.25) is 0 Å². The number of aromatic nitrogens is 1. The summed E-state index contributed by atoms with van der Waals surface area (Å²) in [5.41, 5.74) is 6.32. The molecule has 1 heterocycles. The SMILES string of the molecule is COC1=C(N)C(=O)c2nc(-c3ccc(OC(F)F)cc3)ccc2C1=O. The molecule has 0 atom stereocenters. The summed E-state index contributed by atoms with van der Waals surface area (Å²) in [6.07, 6.45) is 0. The fraction of sp³-hybridized carbons (Fsp3) is 0.118. The summed E-state index contributed by atoms with van der Waals surface area (Å²) in [5.74, 6) is -1.33. The highest BCUT2D eigenvalue weighted by Crippen LogP contribution is 2.27. The Kier molecular flexibility index (Phi) is 4.18. The van der Waals surface area contributed by atoms with Crippen molar-refractivity contribution in [3.63, 3.8) is 0 Å². The Labute approximate surface area is 140 Å². The predicted octanol–water partition coefficient (Wildman–Crippen LogP) is 2.55. The smallest absolute Gasteiger partial charge is 0.387 e. The van der Waals surface area contributed by atoms with Crippen LogP contribution in [0.3, 0.4) is 0 Å². The van der Waals surface area contributed by atoms with E-state index < -0.39 is 18.2 Å². The van der Waals surface area contributed by atoms with Crippen molar-refractivity contribution < 1.29 is 27.8 Å². The van der Waals surface area contributed by atoms with E-state index in [4.69, 9.17) is 10.5 Å². The number of rotatable bonds is 4. The van der Waals surface area contributed by atoms with E-state index >= 15 is 0 Å². The third kappa shape index (κ3) is 2.93. The van der Waals surface area contributed by atoms with Crippen molar-refractivity contribution in [1.82, 2.24) is 4.98 Å². The number of Topliss-reactive ketones (excluding diaryl/α,β-unsaturated/α-hetero) is 2. The van der Waals surface area contributed by atoms with Crippen LogP contribution in [0.15, 0.2) is 47.9 Å². The molecule has 6 nitrogen and oxygen atoms in total. The molecule has 0 fully saturated rings. The van der Waals surface area contributed by atoms with Gasteiger partial charge in [-0.1, -0.05) is 0 Å². The van der Waals surface area contributed by atoms with Crippen molar-refractivity contribution in [2.75, 3.05) is 7.11 Å². The summed E-state index contributed by atoms with van der Waals surface area (Å²) < 4.78 is 33.5. The second-order valence-corrected chi connectivity index (χ2v) is 5.10. The Bertz CT molecular complexity index is 892. The lowest BCUT2D eigenvalue weighted by Crippen LogP contribution is -2.28. The number of nitrogens with zero attached hydrogens (tertiary/aromatic N) is 1. The van der Waals surface area contributed by atoms with Crippen LogP contribution in [-0.2, 0) is 4.74 Å². The molecule has 0 bridgehead atoms. The highest BCUT2D eigenvalue weighted by atomic mass is 19.3. The van der Waals surface area contributed by atoms with E-state index in [1.807, 2.05) is 0 Å². The van der Waals surface area contributed by atoms with Gasteiger partial charge in [0.1, 0.15) is 17.1 Å². The first kappa shape index (κ1) is 16.6. The van der Waals surface area contributed by atoms with Gasteiger partial charge in [-0.3, -0.25) is 9.59 Å². The van der Waals surface area contributed by atoms with Crippen LogP contribution < -0.4 is 10.5 Å². The molecule has 128 valence electrons. The van der Waals surface area contributed by atoms with Crippen LogP contribution >= 0.6 is 0 Å². The van der Waals surface area contributed by atoms with E-state index in [9.17, 15) is 18.4 Å². The van der Waals surface area contributed by atoms with Gasteiger partial charge in [-0.25, -0.2) is 4.98 Å². The van der Waals surface area contributed by atoms with E-state index in [0.717, 1.165) is 0 Å². The van der Waals surface area contributed by atoms with E-state index in [1.54, 1.807) is 6.07 Å². The van der Waals surface area contributed by atoms with Crippen LogP contribution in [0.25, 0.3) is 11.3 Å². The molecule has 0 unspecified atom stereocenters. The first-order valence-electron chi connectivity index (χ1n) is 7.11. The number of alkyl halides is 2. The van der Waals surface area contributed by atoms with Gasteiger partial charge in [-0.2, -0.15) is 8.78 Å². The number of hydrogen-bond acceptors (Lipinski definition) is 6. The lowest BCUT2D eigenvalue weighted by atomic mass is 9.95. The van der Waals surface area contributed by atoms with Crippen molar-refractivity contribution in [3.8, 4) is 17.0 Å². The predicted molar refractivity (Wildman–Crippen MR) is 83.2 cm³/mol. The lowest BCUT2D eigenvalue weighted by Gasteiger charge is -2.17. The van der Waals surface area contributed by atoms with Gasteiger partial charge >= 0.3 is 6.61 Å². The van der Waals surface area contributed by atoms with Gasteiger partial charge in [-0.05, 0) is 36.4 Å². The maximum atomic E-state index is 12.3. The second kappa shape index (κ2) is 6.31. The molecule has 1 aliphatic rings. The van der Waals surface area contributed by atoms with Crippen LogP contribution in [-0.4, -0.2) is 30.3 Å². The number of fused-ring (bicyclic) bond motifs is 1. The molecule has 1 aromatic carbocycles. The molecular weight excluding hydrogens is 334 g/mol. The maximum Gasteiger partial charge on any atom is 0.387 e. The summed E-state index contributed by atoms with van der Waals surface area (Å²) in [7, 11) is 1.25. The number of carbonyl (C=O) groups excluding carboxylic acids is 2. The van der Waals surface area contributed by atoms with E-state index in [0.29, 0.717) is 11.3 Å². The average Bonchev–Trinajstić information content (AvgIpc) is 2.60. The van der Waals surface area contributed by atoms with Gasteiger partial charge in [0, 0.05) is 5.56 Å². The third-order valence-corrected chi connectivity index (χ3v) is 3.63. The zero-order valence-electron chi connectivity index (χ0n) is 13.0. The van der Waals surface area contributed by atoms with Crippen LogP contribution in [0.5, 0.6) is 5.75 Å². The van der Waals surface area contributed by atoms with Crippen molar-refractivity contribution in [3.05, 3.63) is 59.1 Å². The minimum Gasteiger partial charge on any atom is -0.491 e. The zero-order chi connectivity index (χ0) is 18.1. The number of benzene rings is 1. The number of nitrogens with two attached hydrogens (primary N) is 1. The van der Waals surface area contributed by atoms with Gasteiger partial charge in [0.15, 0.2) is 5.76 Å². The molecule has 0 saturated heterocycles. The van der Waals surface area contributed by atoms with Gasteiger partial charge in [0.2, 0.25) is 11.6 Å². The van der Waals surface area contributed by atoms with Gasteiger partial charge in [0.05, 0.1) is 18.4 Å². The zero-order valence-corrected chi connectivity index (χ0v) is 13.0. The first-order chi connectivity index (χ1) is 11.9. The summed E-state index contributed by atoms with van der Waals surface area (Å²) in [6, 6.07) is 8.73. The van der Waals surface area contributed by atoms with Gasteiger partial charge in [0.25, 0.3) is 0 Å². The summed E-state index contributed by atoms with van der Waals surface area (Å²) in [5, 5.41) is 0. The second-order valence-electron chi connectivity index (χ2n) is 5.10. The van der Waals surface area contributed by atoms with Gasteiger partial charge < -0.3 is 15.2 Å². The molecular formula is C17H12F2N2O4. The quantitative estimate of drug-likeness (QED) is 0.915. The minimum absolute atomic E-state index is 0.000113. The number of carbonyl (C=O) groups is 2. The monoisotopic (exact) mass is 346 g/mol. The molecule has 0 saturated carbocycles. The Morgan fingerprint density at radius 3 is 2.32 bits per heavy atom. The number of pyridine rings is 1. The lowest BCUT2D eigenvalue weighted by molar-refractivity contribution is -0.0498. The Balaban J connectivity index is 1.99. The third-order valence-electron chi connectivity index (χ3n) is 3.63. The Hall–Kier alpha value is -3.29. The van der Waals surface area contributed by atoms with Crippen molar-refractivity contribution >= 4 is 11.6 Å². The van der Waals surface area contributed by atoms with Crippen molar-refractivity contribution in [2.24, 2.45) is 5.73 Å². The molecule has 0 spiro atoms. The highest BCUT2D eigenvalue weighted by Gasteiger charge is 2.33. The minimum atomic E-state index is -2.92. The standard InChI is InChI=1S/C17H12F2N2O4/c1-24-16-12(20)15(23)13-10(14(16)22)6-7-11(21-13)8-2-4-9(5-3-8)25-17(18)19/h2-7,17H,20H2,1H3. The number of allylic oxidation sites excluding steroid dienone is 2. The molecule has 0 radical (unpaired) electrons. The number of ether oxygens (including phenoxy) is 2. The molecule has 0 amide bonds. The number of ketones is 2. The number of hydrogen-bond donors (Lipinski definition) is 1. The first-order valence-corrected chi connectivity index (χ1v) is 7.11. The summed E-state index contributed by atoms with van der Waals surface area (Å²) in [6.45, 7) is -2.92. The Morgan fingerprint density at radius 1 is 1.04 bits per heavy atom. The van der Waals surface area contributed by atoms with Gasteiger partial charge in [-0.15, -0.1) is 0 Å². The van der Waals surface area contributed by atoms with Crippen molar-refractivity contribution in [2.45, 2.75) is 6.61 Å². The largest absolute Gasteiger partial charge is 0.491 e. The Morgan fingerprint density at radius 2 is 1.72 bits per heavy atom. The topological polar surface area (TPSA) is 91.5 Å². The normalized spacial score (nSPS) is 13.9. The number of halogens is 2. The summed E-state index contributed by atoms with van der Waals surface area (Å²) in [4.78, 5) is 28.8. The molecule has 25 heavy (non-hydrogen) atoms. The van der Waals surface area contributed by atoms with Crippen LogP contribution in [0.4, 0.5) is 8.78 Å². The fourth-order valence-electron chi connectivity index (χ4n) is 2.46. The van der Waals surface area contributed by atoms with E-state index in [2.05, 4.69) is 9.72 Å². The average molecular weight is 346 g/mol. The van der Waals surface area contributed by atoms with Crippen LogP contribution in [0.1, 0.15) is 20.8 Å². The van der Waals surface area contributed by atoms with E-state index in [1.165, 1.54) is 37.4 Å².